The van der Waals surface area contributed by atoms with Crippen LogP contribution in [0.4, 0.5) is 10.1 Å². The predicted molar refractivity (Wildman–Crippen MR) is 91.2 cm³/mol. The van der Waals surface area contributed by atoms with Gasteiger partial charge in [-0.3, -0.25) is 14.8 Å². The van der Waals surface area contributed by atoms with Gasteiger partial charge >= 0.3 is 0 Å². The van der Waals surface area contributed by atoms with Crippen LogP contribution < -0.4 is 5.32 Å². The van der Waals surface area contributed by atoms with Crippen molar-refractivity contribution in [2.24, 2.45) is 5.92 Å². The number of nitrogens with zero attached hydrogens (tertiary/aromatic N) is 2. The molecule has 1 aliphatic rings. The number of hydrogen-bond donors (Lipinski definition) is 2. The van der Waals surface area contributed by atoms with Crippen molar-refractivity contribution in [3.05, 3.63) is 47.0 Å². The van der Waals surface area contributed by atoms with Gasteiger partial charge in [0.1, 0.15) is 5.82 Å². The number of aromatic nitrogens is 2. The molecule has 1 aromatic heterocycles. The van der Waals surface area contributed by atoms with Crippen LogP contribution in [0.5, 0.6) is 0 Å². The van der Waals surface area contributed by atoms with E-state index in [4.69, 9.17) is 0 Å². The highest BCUT2D eigenvalue weighted by Gasteiger charge is 2.35. The average Bonchev–Trinajstić information content (AvgIpc) is 3.32. The molecule has 1 amide bonds. The summed E-state index contributed by atoms with van der Waals surface area (Å²) in [4.78, 5) is 14.5. The SMILES string of the molecule is Cc1n[nH]c(C)c1NC(=O)CN(C)[C@@H](c1ccc(F)cc1)C1CC1. The standard InChI is InChI=1S/C18H23FN4O/c1-11-17(12(2)22-21-11)20-16(24)10-23(3)18(13-4-5-13)14-6-8-15(19)9-7-14/h6-9,13,18H,4-5,10H2,1-3H3,(H,20,24)(H,21,22)/t18-/m1/s1. The fraction of sp³-hybridized carbons (Fsp3) is 0.444. The third-order valence-corrected chi connectivity index (χ3v) is 4.54. The van der Waals surface area contributed by atoms with Crippen molar-refractivity contribution in [2.45, 2.75) is 32.7 Å². The summed E-state index contributed by atoms with van der Waals surface area (Å²) in [6, 6.07) is 6.74. The fourth-order valence-corrected chi connectivity index (χ4v) is 3.20. The van der Waals surface area contributed by atoms with E-state index >= 15 is 0 Å². The van der Waals surface area contributed by atoms with Crippen molar-refractivity contribution in [2.75, 3.05) is 18.9 Å². The Balaban J connectivity index is 1.68. The second-order valence-corrected chi connectivity index (χ2v) is 6.61. The first kappa shape index (κ1) is 16.6. The predicted octanol–water partition coefficient (Wildman–Crippen LogP) is 3.19. The third-order valence-electron chi connectivity index (χ3n) is 4.54. The van der Waals surface area contributed by atoms with Crippen molar-refractivity contribution in [3.8, 4) is 0 Å². The molecule has 6 heteroatoms. The van der Waals surface area contributed by atoms with Gasteiger partial charge in [0.15, 0.2) is 0 Å². The molecule has 24 heavy (non-hydrogen) atoms. The Morgan fingerprint density at radius 1 is 1.38 bits per heavy atom. The lowest BCUT2D eigenvalue weighted by atomic mass is 10.0. The summed E-state index contributed by atoms with van der Waals surface area (Å²) in [6.45, 7) is 4.02. The number of carbonyl (C=O) groups is 1. The van der Waals surface area contributed by atoms with Crippen molar-refractivity contribution in [1.82, 2.24) is 15.1 Å². The zero-order chi connectivity index (χ0) is 17.3. The van der Waals surface area contributed by atoms with Gasteiger partial charge in [0.2, 0.25) is 5.91 Å². The summed E-state index contributed by atoms with van der Waals surface area (Å²) in [5.74, 6) is 0.225. The zero-order valence-corrected chi connectivity index (χ0v) is 14.3. The first-order chi connectivity index (χ1) is 11.5. The molecular weight excluding hydrogens is 307 g/mol. The Bertz CT molecular complexity index is 702. The van der Waals surface area contributed by atoms with Gasteiger partial charge < -0.3 is 5.32 Å². The Kier molecular flexibility index (Phi) is 4.66. The van der Waals surface area contributed by atoms with Gasteiger partial charge in [-0.2, -0.15) is 5.10 Å². The fourth-order valence-electron chi connectivity index (χ4n) is 3.20. The lowest BCUT2D eigenvalue weighted by Crippen LogP contribution is -2.34. The number of amides is 1. The van der Waals surface area contributed by atoms with Gasteiger partial charge in [-0.1, -0.05) is 12.1 Å². The molecule has 1 aromatic carbocycles. The highest BCUT2D eigenvalue weighted by Crippen LogP contribution is 2.44. The summed E-state index contributed by atoms with van der Waals surface area (Å²) >= 11 is 0. The van der Waals surface area contributed by atoms with E-state index in [1.54, 1.807) is 0 Å². The molecule has 0 aliphatic heterocycles. The normalized spacial score (nSPS) is 15.5. The zero-order valence-electron chi connectivity index (χ0n) is 14.3. The van der Waals surface area contributed by atoms with Crippen LogP contribution >= 0.6 is 0 Å². The molecule has 2 N–H and O–H groups in total. The number of rotatable bonds is 6. The van der Waals surface area contributed by atoms with Crippen LogP contribution in [0.15, 0.2) is 24.3 Å². The highest BCUT2D eigenvalue weighted by molar-refractivity contribution is 5.93. The van der Waals surface area contributed by atoms with Crippen molar-refractivity contribution in [1.29, 1.82) is 0 Å². The van der Waals surface area contributed by atoms with E-state index in [9.17, 15) is 9.18 Å². The number of aromatic amines is 1. The molecule has 128 valence electrons. The Morgan fingerprint density at radius 2 is 2.04 bits per heavy atom. The molecule has 1 fully saturated rings. The molecule has 0 spiro atoms. The maximum Gasteiger partial charge on any atom is 0.238 e. The van der Waals surface area contributed by atoms with Crippen LogP contribution in [0.1, 0.15) is 35.8 Å². The molecule has 0 unspecified atom stereocenters. The number of H-pyrrole nitrogens is 1. The van der Waals surface area contributed by atoms with Gasteiger partial charge in [-0.25, -0.2) is 4.39 Å². The number of likely N-dealkylation sites (N-methyl/N-ethyl adjacent to an activating group) is 1. The Labute approximate surface area is 141 Å². The Hall–Kier alpha value is -2.21. The molecule has 0 radical (unpaired) electrons. The number of benzene rings is 1. The summed E-state index contributed by atoms with van der Waals surface area (Å²) in [5, 5.41) is 9.88. The highest BCUT2D eigenvalue weighted by atomic mass is 19.1. The lowest BCUT2D eigenvalue weighted by molar-refractivity contribution is -0.117. The maximum absolute atomic E-state index is 13.2. The van der Waals surface area contributed by atoms with Crippen molar-refractivity contribution in [3.63, 3.8) is 0 Å². The minimum atomic E-state index is -0.236. The number of halogens is 1. The molecule has 0 saturated heterocycles. The van der Waals surface area contributed by atoms with E-state index in [0.29, 0.717) is 5.92 Å². The average molecular weight is 330 g/mol. The number of aryl methyl sites for hydroxylation is 2. The van der Waals surface area contributed by atoms with E-state index in [2.05, 4.69) is 15.5 Å². The van der Waals surface area contributed by atoms with Crippen LogP contribution in [0, 0.1) is 25.6 Å². The van der Waals surface area contributed by atoms with Gasteiger partial charge in [-0.15, -0.1) is 0 Å². The molecule has 5 nitrogen and oxygen atoms in total. The van der Waals surface area contributed by atoms with Gasteiger partial charge in [-0.05, 0) is 57.4 Å². The van der Waals surface area contributed by atoms with Gasteiger partial charge in [0.05, 0.1) is 23.6 Å². The van der Waals surface area contributed by atoms with Crippen molar-refractivity contribution >= 4 is 11.6 Å². The topological polar surface area (TPSA) is 61.0 Å². The molecule has 2 aromatic rings. The van der Waals surface area contributed by atoms with Gasteiger partial charge in [0, 0.05) is 6.04 Å². The van der Waals surface area contributed by atoms with E-state index < -0.39 is 0 Å². The number of hydrogen-bond acceptors (Lipinski definition) is 3. The smallest absolute Gasteiger partial charge is 0.238 e. The second-order valence-electron chi connectivity index (χ2n) is 6.61. The Morgan fingerprint density at radius 3 is 2.58 bits per heavy atom. The maximum atomic E-state index is 13.2. The molecule has 1 saturated carbocycles. The van der Waals surface area contributed by atoms with Crippen LogP contribution in [-0.4, -0.2) is 34.6 Å². The summed E-state index contributed by atoms with van der Waals surface area (Å²) in [5.41, 5.74) is 3.43. The monoisotopic (exact) mass is 330 g/mol. The van der Waals surface area contributed by atoms with Crippen molar-refractivity contribution < 1.29 is 9.18 Å². The van der Waals surface area contributed by atoms with Crippen LogP contribution in [0.3, 0.4) is 0 Å². The minimum Gasteiger partial charge on any atom is -0.322 e. The van der Waals surface area contributed by atoms with E-state index in [1.165, 1.54) is 12.1 Å². The second kappa shape index (κ2) is 6.73. The van der Waals surface area contributed by atoms with E-state index in [1.807, 2.05) is 37.9 Å². The summed E-state index contributed by atoms with van der Waals surface area (Å²) in [7, 11) is 1.95. The first-order valence-electron chi connectivity index (χ1n) is 8.23. The van der Waals surface area contributed by atoms with Crippen LogP contribution in [-0.2, 0) is 4.79 Å². The van der Waals surface area contributed by atoms with Gasteiger partial charge in [0.25, 0.3) is 0 Å². The summed E-state index contributed by atoms with van der Waals surface area (Å²) in [6.07, 6.45) is 2.29. The number of carbonyl (C=O) groups excluding carboxylic acids is 1. The number of nitrogens with one attached hydrogen (secondary N) is 2. The molecular formula is C18H23FN4O. The molecule has 1 atom stereocenters. The quantitative estimate of drug-likeness (QED) is 0.855. The molecule has 1 aliphatic carbocycles. The van der Waals surface area contributed by atoms with Crippen LogP contribution in [0.25, 0.3) is 0 Å². The summed E-state index contributed by atoms with van der Waals surface area (Å²) < 4.78 is 13.2. The molecule has 1 heterocycles. The third kappa shape index (κ3) is 3.64. The minimum absolute atomic E-state index is 0.0714. The largest absolute Gasteiger partial charge is 0.322 e. The van der Waals surface area contributed by atoms with E-state index in [0.717, 1.165) is 35.5 Å². The molecule has 3 rings (SSSR count). The van der Waals surface area contributed by atoms with Crippen LogP contribution in [0.2, 0.25) is 0 Å². The lowest BCUT2D eigenvalue weighted by Gasteiger charge is -2.28. The first-order valence-corrected chi connectivity index (χ1v) is 8.23. The molecule has 0 bridgehead atoms. The number of anilines is 1. The van der Waals surface area contributed by atoms with E-state index in [-0.39, 0.29) is 24.3 Å².